The number of benzene rings is 1. The molecule has 4 heteroatoms. The molecule has 1 aliphatic rings. The summed E-state index contributed by atoms with van der Waals surface area (Å²) in [4.78, 5) is 2.77. The lowest BCUT2D eigenvalue weighted by molar-refractivity contribution is 0.301. The van der Waals surface area contributed by atoms with Gasteiger partial charge in [0.25, 0.3) is 0 Å². The van der Waals surface area contributed by atoms with Crippen LogP contribution in [0.15, 0.2) is 18.2 Å². The quantitative estimate of drug-likeness (QED) is 0.852. The molecular formula is C15H21ClN2S. The van der Waals surface area contributed by atoms with Crippen molar-refractivity contribution in [3.05, 3.63) is 28.8 Å². The van der Waals surface area contributed by atoms with Crippen molar-refractivity contribution < 1.29 is 0 Å². The number of halogens is 1. The van der Waals surface area contributed by atoms with E-state index in [9.17, 15) is 0 Å². The first-order valence-corrected chi connectivity index (χ1v) is 7.64. The Kier molecular flexibility index (Phi) is 4.36. The summed E-state index contributed by atoms with van der Waals surface area (Å²) in [7, 11) is 0. The Bertz CT molecular complexity index is 483. The van der Waals surface area contributed by atoms with E-state index in [0.717, 1.165) is 18.7 Å². The third-order valence-corrected chi connectivity index (χ3v) is 5.05. The van der Waals surface area contributed by atoms with Crippen LogP contribution < -0.4 is 10.6 Å². The second kappa shape index (κ2) is 5.68. The van der Waals surface area contributed by atoms with E-state index >= 15 is 0 Å². The van der Waals surface area contributed by atoms with E-state index in [1.54, 1.807) is 0 Å². The van der Waals surface area contributed by atoms with Gasteiger partial charge >= 0.3 is 0 Å². The van der Waals surface area contributed by atoms with Crippen LogP contribution in [0.3, 0.4) is 0 Å². The summed E-state index contributed by atoms with van der Waals surface area (Å²) in [6, 6.07) is 5.98. The van der Waals surface area contributed by atoms with E-state index in [1.165, 1.54) is 24.9 Å². The topological polar surface area (TPSA) is 29.3 Å². The first kappa shape index (κ1) is 14.6. The Morgan fingerprint density at radius 3 is 2.58 bits per heavy atom. The number of hydrogen-bond acceptors (Lipinski definition) is 2. The van der Waals surface area contributed by atoms with Crippen LogP contribution in [0.5, 0.6) is 0 Å². The van der Waals surface area contributed by atoms with E-state index in [0.29, 0.717) is 15.4 Å². The minimum atomic E-state index is 0.356. The average molecular weight is 297 g/mol. The summed E-state index contributed by atoms with van der Waals surface area (Å²) in [6.45, 7) is 6.79. The van der Waals surface area contributed by atoms with Crippen molar-refractivity contribution in [2.45, 2.75) is 33.1 Å². The lowest BCUT2D eigenvalue weighted by Crippen LogP contribution is -2.26. The van der Waals surface area contributed by atoms with E-state index in [2.05, 4.69) is 24.8 Å². The zero-order valence-electron chi connectivity index (χ0n) is 11.6. The van der Waals surface area contributed by atoms with E-state index < -0.39 is 0 Å². The van der Waals surface area contributed by atoms with Crippen molar-refractivity contribution in [1.82, 2.24) is 0 Å². The molecule has 0 atom stereocenters. The van der Waals surface area contributed by atoms with Crippen LogP contribution in [0.1, 0.15) is 38.7 Å². The maximum atomic E-state index is 6.25. The molecular weight excluding hydrogens is 276 g/mol. The summed E-state index contributed by atoms with van der Waals surface area (Å²) < 4.78 is 0. The van der Waals surface area contributed by atoms with Crippen molar-refractivity contribution in [2.24, 2.45) is 11.1 Å². The standard InChI is InChI=1S/C15H21ClN2S/c1-3-15(4-2)7-8-18(10-15)11-5-6-12(14(17)19)13(16)9-11/h5-6,9H,3-4,7-8,10H2,1-2H3,(H2,17,19). The maximum absolute atomic E-state index is 6.25. The van der Waals surface area contributed by atoms with Gasteiger partial charge in [-0.25, -0.2) is 0 Å². The first-order chi connectivity index (χ1) is 9.01. The fourth-order valence-electron chi connectivity index (χ4n) is 2.88. The Labute approximate surface area is 125 Å². The largest absolute Gasteiger partial charge is 0.389 e. The second-order valence-electron chi connectivity index (χ2n) is 5.41. The highest BCUT2D eigenvalue weighted by Gasteiger charge is 2.35. The molecule has 1 aliphatic heterocycles. The smallest absolute Gasteiger partial charge is 0.105 e. The maximum Gasteiger partial charge on any atom is 0.105 e. The van der Waals surface area contributed by atoms with Gasteiger partial charge in [0.2, 0.25) is 0 Å². The molecule has 0 aromatic heterocycles. The summed E-state index contributed by atoms with van der Waals surface area (Å²) in [5.41, 5.74) is 8.04. The Hall–Kier alpha value is -0.800. The number of nitrogens with two attached hydrogens (primary N) is 1. The van der Waals surface area contributed by atoms with Crippen LogP contribution >= 0.6 is 23.8 Å². The van der Waals surface area contributed by atoms with Crippen LogP contribution in [0.4, 0.5) is 5.69 Å². The molecule has 1 fully saturated rings. The molecule has 0 unspecified atom stereocenters. The fraction of sp³-hybridized carbons (Fsp3) is 0.533. The van der Waals surface area contributed by atoms with E-state index in [1.807, 2.05) is 12.1 Å². The highest BCUT2D eigenvalue weighted by Crippen LogP contribution is 2.39. The lowest BCUT2D eigenvalue weighted by Gasteiger charge is -2.27. The molecule has 2 rings (SSSR count). The van der Waals surface area contributed by atoms with E-state index in [4.69, 9.17) is 29.6 Å². The molecule has 0 saturated carbocycles. The number of thiocarbonyl (C=S) groups is 1. The van der Waals surface area contributed by atoms with Gasteiger partial charge in [0.15, 0.2) is 0 Å². The van der Waals surface area contributed by atoms with Gasteiger partial charge in [-0.1, -0.05) is 37.7 Å². The van der Waals surface area contributed by atoms with Gasteiger partial charge in [0, 0.05) is 24.3 Å². The van der Waals surface area contributed by atoms with E-state index in [-0.39, 0.29) is 0 Å². The highest BCUT2D eigenvalue weighted by molar-refractivity contribution is 7.80. The molecule has 1 saturated heterocycles. The van der Waals surface area contributed by atoms with Crippen molar-refractivity contribution in [1.29, 1.82) is 0 Å². The third-order valence-electron chi connectivity index (χ3n) is 4.52. The average Bonchev–Trinajstić information content (AvgIpc) is 2.83. The highest BCUT2D eigenvalue weighted by atomic mass is 35.5. The molecule has 19 heavy (non-hydrogen) atoms. The lowest BCUT2D eigenvalue weighted by atomic mass is 9.82. The molecule has 2 N–H and O–H groups in total. The Morgan fingerprint density at radius 2 is 2.11 bits per heavy atom. The van der Waals surface area contributed by atoms with Crippen LogP contribution in [-0.2, 0) is 0 Å². The van der Waals surface area contributed by atoms with Gasteiger partial charge in [0.1, 0.15) is 4.99 Å². The van der Waals surface area contributed by atoms with Crippen LogP contribution in [0, 0.1) is 5.41 Å². The molecule has 1 aromatic rings. The Balaban J connectivity index is 2.21. The minimum absolute atomic E-state index is 0.356. The number of nitrogens with zero attached hydrogens (tertiary/aromatic N) is 1. The van der Waals surface area contributed by atoms with Crippen LogP contribution in [-0.4, -0.2) is 18.1 Å². The molecule has 0 aliphatic carbocycles. The monoisotopic (exact) mass is 296 g/mol. The summed E-state index contributed by atoms with van der Waals surface area (Å²) >= 11 is 11.2. The van der Waals surface area contributed by atoms with Crippen molar-refractivity contribution >= 4 is 34.5 Å². The number of anilines is 1. The third kappa shape index (κ3) is 2.87. The van der Waals surface area contributed by atoms with Gasteiger partial charge in [-0.05, 0) is 42.9 Å². The fourth-order valence-corrected chi connectivity index (χ4v) is 3.39. The van der Waals surface area contributed by atoms with Gasteiger partial charge in [-0.15, -0.1) is 0 Å². The predicted molar refractivity (Wildman–Crippen MR) is 87.2 cm³/mol. The summed E-state index contributed by atoms with van der Waals surface area (Å²) in [6.07, 6.45) is 3.73. The van der Waals surface area contributed by atoms with Gasteiger partial charge in [0.05, 0.1) is 5.02 Å². The molecule has 2 nitrogen and oxygen atoms in total. The molecule has 1 aromatic carbocycles. The number of hydrogen-bond donors (Lipinski definition) is 1. The first-order valence-electron chi connectivity index (χ1n) is 6.85. The predicted octanol–water partition coefficient (Wildman–Crippen LogP) is 3.99. The van der Waals surface area contributed by atoms with Crippen molar-refractivity contribution in [3.63, 3.8) is 0 Å². The molecule has 0 amide bonds. The SMILES string of the molecule is CCC1(CC)CCN(c2ccc(C(N)=S)c(Cl)c2)C1. The molecule has 0 bridgehead atoms. The molecule has 0 spiro atoms. The van der Waals surface area contributed by atoms with Gasteiger partial charge in [-0.2, -0.15) is 0 Å². The zero-order chi connectivity index (χ0) is 14.0. The number of rotatable bonds is 4. The normalized spacial score (nSPS) is 17.7. The minimum Gasteiger partial charge on any atom is -0.389 e. The van der Waals surface area contributed by atoms with Gasteiger partial charge in [-0.3, -0.25) is 0 Å². The zero-order valence-corrected chi connectivity index (χ0v) is 13.2. The second-order valence-corrected chi connectivity index (χ2v) is 6.25. The van der Waals surface area contributed by atoms with Crippen molar-refractivity contribution in [2.75, 3.05) is 18.0 Å². The molecule has 0 radical (unpaired) electrons. The summed E-state index contributed by atoms with van der Waals surface area (Å²) in [5.74, 6) is 0. The van der Waals surface area contributed by atoms with Crippen molar-refractivity contribution in [3.8, 4) is 0 Å². The van der Waals surface area contributed by atoms with Gasteiger partial charge < -0.3 is 10.6 Å². The van der Waals surface area contributed by atoms with Crippen LogP contribution in [0.2, 0.25) is 5.02 Å². The molecule has 1 heterocycles. The summed E-state index contributed by atoms with van der Waals surface area (Å²) in [5, 5.41) is 0.649. The van der Waals surface area contributed by atoms with Crippen LogP contribution in [0.25, 0.3) is 0 Å². The Morgan fingerprint density at radius 1 is 1.42 bits per heavy atom. The molecule has 104 valence electrons.